The number of carbonyl (C=O) groups excluding carboxylic acids is 2. The van der Waals surface area contributed by atoms with E-state index in [4.69, 9.17) is 9.47 Å². The Morgan fingerprint density at radius 2 is 2.04 bits per heavy atom. The summed E-state index contributed by atoms with van der Waals surface area (Å²) >= 11 is 0. The Hall–Kier alpha value is -1.68. The molecule has 1 saturated carbocycles. The fourth-order valence-electron chi connectivity index (χ4n) is 5.52. The zero-order valence-corrected chi connectivity index (χ0v) is 14.3. The molecule has 5 rings (SSSR count). The second-order valence-corrected chi connectivity index (χ2v) is 8.31. The molecule has 3 aliphatic carbocycles. The molecule has 5 aliphatic rings. The van der Waals surface area contributed by atoms with Crippen LogP contribution in [0.5, 0.6) is 0 Å². The first kappa shape index (κ1) is 14.6. The van der Waals surface area contributed by atoms with Gasteiger partial charge in [0.15, 0.2) is 11.4 Å². The van der Waals surface area contributed by atoms with Crippen molar-refractivity contribution >= 4 is 11.8 Å². The monoisotopic (exact) mass is 326 g/mol. The van der Waals surface area contributed by atoms with Gasteiger partial charge in [-0.25, -0.2) is 4.79 Å². The molecule has 0 aromatic rings. The summed E-state index contributed by atoms with van der Waals surface area (Å²) in [4.78, 5) is 25.1. The summed E-state index contributed by atoms with van der Waals surface area (Å²) in [6.45, 7) is 6.78. The van der Waals surface area contributed by atoms with E-state index in [1.54, 1.807) is 0 Å². The molecule has 4 atom stereocenters. The van der Waals surface area contributed by atoms with E-state index in [9.17, 15) is 9.59 Å². The number of carbonyl (C=O) groups is 2. The molecule has 4 nitrogen and oxygen atoms in total. The predicted molar refractivity (Wildman–Crippen MR) is 87.0 cm³/mol. The van der Waals surface area contributed by atoms with Crippen LogP contribution < -0.4 is 0 Å². The van der Waals surface area contributed by atoms with Crippen LogP contribution in [0.3, 0.4) is 0 Å². The van der Waals surface area contributed by atoms with Gasteiger partial charge in [0.25, 0.3) is 0 Å². The Kier molecular flexibility index (Phi) is 2.62. The van der Waals surface area contributed by atoms with Gasteiger partial charge in [-0.05, 0) is 47.7 Å². The average Bonchev–Trinajstić information content (AvgIpc) is 3.13. The van der Waals surface area contributed by atoms with Crippen LogP contribution in [0.25, 0.3) is 0 Å². The van der Waals surface area contributed by atoms with Crippen LogP contribution >= 0.6 is 0 Å². The molecular weight excluding hydrogens is 304 g/mol. The predicted octanol–water partition coefficient (Wildman–Crippen LogP) is 2.89. The number of hydrogen-bond acceptors (Lipinski definition) is 4. The second kappa shape index (κ2) is 4.29. The fraction of sp³-hybridized carbons (Fsp3) is 0.600. The van der Waals surface area contributed by atoms with Crippen molar-refractivity contribution in [1.29, 1.82) is 0 Å². The van der Waals surface area contributed by atoms with E-state index < -0.39 is 5.60 Å². The number of hydrogen-bond donors (Lipinski definition) is 0. The summed E-state index contributed by atoms with van der Waals surface area (Å²) < 4.78 is 11.4. The van der Waals surface area contributed by atoms with Crippen molar-refractivity contribution in [2.45, 2.75) is 51.7 Å². The molecule has 0 bridgehead atoms. The van der Waals surface area contributed by atoms with Gasteiger partial charge in [-0.1, -0.05) is 32.9 Å². The lowest BCUT2D eigenvalue weighted by molar-refractivity contribution is -0.136. The summed E-state index contributed by atoms with van der Waals surface area (Å²) in [5, 5.41) is 0. The van der Waals surface area contributed by atoms with Crippen LogP contribution in [0.1, 0.15) is 40.0 Å². The Balaban J connectivity index is 1.64. The lowest BCUT2D eigenvalue weighted by atomic mass is 9.52. The molecule has 24 heavy (non-hydrogen) atoms. The number of fused-ring (bicyclic) bond motifs is 3. The van der Waals surface area contributed by atoms with Gasteiger partial charge in [0, 0.05) is 11.1 Å². The van der Waals surface area contributed by atoms with Crippen molar-refractivity contribution < 1.29 is 19.1 Å². The van der Waals surface area contributed by atoms with Crippen molar-refractivity contribution in [3.8, 4) is 0 Å². The van der Waals surface area contributed by atoms with Crippen LogP contribution in [0.4, 0.5) is 0 Å². The molecule has 0 N–H and O–H groups in total. The average molecular weight is 326 g/mol. The highest BCUT2D eigenvalue weighted by Gasteiger charge is 2.73. The quantitative estimate of drug-likeness (QED) is 0.549. The Morgan fingerprint density at radius 1 is 1.25 bits per heavy atom. The largest absolute Gasteiger partial charge is 0.458 e. The Bertz CT molecular complexity index is 783. The van der Waals surface area contributed by atoms with E-state index in [-0.39, 0.29) is 35.1 Å². The number of ether oxygens (including phenoxy) is 2. The summed E-state index contributed by atoms with van der Waals surface area (Å²) in [6, 6.07) is 0. The first-order valence-corrected chi connectivity index (χ1v) is 8.94. The van der Waals surface area contributed by atoms with Crippen LogP contribution in [-0.4, -0.2) is 30.1 Å². The van der Waals surface area contributed by atoms with E-state index in [1.165, 1.54) is 0 Å². The highest BCUT2D eigenvalue weighted by atomic mass is 16.6. The topological polar surface area (TPSA) is 55.9 Å². The minimum Gasteiger partial charge on any atom is -0.458 e. The molecule has 2 fully saturated rings. The number of epoxide rings is 1. The number of allylic oxidation sites excluding steroid dienone is 2. The first-order valence-electron chi connectivity index (χ1n) is 8.94. The minimum absolute atomic E-state index is 0.0423. The molecule has 126 valence electrons. The summed E-state index contributed by atoms with van der Waals surface area (Å²) in [5.74, 6) is 0.484. The third-order valence-corrected chi connectivity index (χ3v) is 6.92. The molecule has 0 amide bonds. The fourth-order valence-corrected chi connectivity index (χ4v) is 5.52. The molecule has 0 aromatic heterocycles. The van der Waals surface area contributed by atoms with Gasteiger partial charge in [-0.15, -0.1) is 0 Å². The van der Waals surface area contributed by atoms with Gasteiger partial charge in [0.05, 0.1) is 0 Å². The van der Waals surface area contributed by atoms with Crippen LogP contribution in [-0.2, 0) is 19.1 Å². The van der Waals surface area contributed by atoms with Crippen molar-refractivity contribution in [1.82, 2.24) is 0 Å². The second-order valence-electron chi connectivity index (χ2n) is 8.31. The molecule has 4 heteroatoms. The van der Waals surface area contributed by atoms with Crippen molar-refractivity contribution in [3.05, 3.63) is 34.4 Å². The van der Waals surface area contributed by atoms with Crippen molar-refractivity contribution in [3.63, 3.8) is 0 Å². The first-order chi connectivity index (χ1) is 11.4. The molecule has 1 unspecified atom stereocenters. The van der Waals surface area contributed by atoms with E-state index in [0.717, 1.165) is 41.6 Å². The SMILES string of the molecule is CC(C)C1=CC=C2[C@]3(OC3C[C@H]3C4=C(CC[C@]23C)C(=O)OC4)C1=O. The van der Waals surface area contributed by atoms with Crippen molar-refractivity contribution in [2.75, 3.05) is 6.61 Å². The van der Waals surface area contributed by atoms with E-state index in [0.29, 0.717) is 6.61 Å². The highest BCUT2D eigenvalue weighted by Crippen LogP contribution is 2.67. The number of ketones is 1. The summed E-state index contributed by atoms with van der Waals surface area (Å²) in [6.07, 6.45) is 6.55. The third-order valence-electron chi connectivity index (χ3n) is 6.92. The summed E-state index contributed by atoms with van der Waals surface area (Å²) in [7, 11) is 0. The molecule has 2 heterocycles. The normalized spacial score (nSPS) is 42.7. The van der Waals surface area contributed by atoms with E-state index in [2.05, 4.69) is 26.8 Å². The number of rotatable bonds is 1. The zero-order valence-electron chi connectivity index (χ0n) is 14.3. The van der Waals surface area contributed by atoms with Gasteiger partial charge >= 0.3 is 5.97 Å². The smallest absolute Gasteiger partial charge is 0.334 e. The Labute approximate surface area is 141 Å². The van der Waals surface area contributed by atoms with Gasteiger partial charge < -0.3 is 9.47 Å². The number of Topliss-reactive ketones (excluding diaryl/α,β-unsaturated/α-hetero) is 1. The van der Waals surface area contributed by atoms with Gasteiger partial charge in [-0.3, -0.25) is 4.79 Å². The van der Waals surface area contributed by atoms with Crippen LogP contribution in [0, 0.1) is 17.3 Å². The van der Waals surface area contributed by atoms with Gasteiger partial charge in [0.2, 0.25) is 0 Å². The maximum atomic E-state index is 13.1. The van der Waals surface area contributed by atoms with Gasteiger partial charge in [-0.2, -0.15) is 0 Å². The zero-order chi connectivity index (χ0) is 16.9. The summed E-state index contributed by atoms with van der Waals surface area (Å²) in [5.41, 5.74) is 3.22. The maximum absolute atomic E-state index is 13.1. The molecule has 0 aromatic carbocycles. The molecular formula is C20H22O4. The molecule has 0 radical (unpaired) electrons. The lowest BCUT2D eigenvalue weighted by Gasteiger charge is -2.48. The lowest BCUT2D eigenvalue weighted by Crippen LogP contribution is -2.50. The van der Waals surface area contributed by atoms with E-state index in [1.807, 2.05) is 6.08 Å². The standard InChI is InChI=1S/C20H22O4/c1-10(2)11-4-5-15-19(3)7-6-12-13(9-23-18(12)22)14(19)8-16-20(15,24-16)17(11)21/h4-5,10,14,16H,6-9H2,1-3H3/t14-,16?,19-,20+/m0/s1. The van der Waals surface area contributed by atoms with Crippen LogP contribution in [0.2, 0.25) is 0 Å². The van der Waals surface area contributed by atoms with Crippen molar-refractivity contribution in [2.24, 2.45) is 17.3 Å². The van der Waals surface area contributed by atoms with Gasteiger partial charge in [0.1, 0.15) is 12.7 Å². The molecule has 1 spiro atoms. The number of cyclic esters (lactones) is 1. The number of esters is 1. The molecule has 2 aliphatic heterocycles. The molecule has 1 saturated heterocycles. The third kappa shape index (κ3) is 1.49. The highest BCUT2D eigenvalue weighted by molar-refractivity contribution is 6.09. The Morgan fingerprint density at radius 3 is 2.79 bits per heavy atom. The van der Waals surface area contributed by atoms with Crippen LogP contribution in [0.15, 0.2) is 34.4 Å². The van der Waals surface area contributed by atoms with E-state index >= 15 is 0 Å². The minimum atomic E-state index is -0.707. The maximum Gasteiger partial charge on any atom is 0.334 e.